The van der Waals surface area contributed by atoms with Gasteiger partial charge in [0.05, 0.1) is 49.0 Å². The van der Waals surface area contributed by atoms with Gasteiger partial charge in [-0.2, -0.15) is 0 Å². The Morgan fingerprint density at radius 1 is 1.21 bits per heavy atom. The van der Waals surface area contributed by atoms with Gasteiger partial charge in [-0.1, -0.05) is 29.3 Å². The molecule has 0 aliphatic carbocycles. The predicted octanol–water partition coefficient (Wildman–Crippen LogP) is 5.36. The molecule has 1 fully saturated rings. The van der Waals surface area contributed by atoms with E-state index in [1.165, 1.54) is 0 Å². The molecule has 0 spiro atoms. The molecule has 29 heavy (non-hydrogen) atoms. The normalized spacial score (nSPS) is 15.4. The van der Waals surface area contributed by atoms with E-state index in [-0.39, 0.29) is 0 Å². The Bertz CT molecular complexity index is 898. The molecule has 0 aromatic heterocycles. The van der Waals surface area contributed by atoms with E-state index >= 15 is 0 Å². The van der Waals surface area contributed by atoms with Crippen LogP contribution < -0.4 is 4.74 Å². The molecule has 1 heterocycles. The molecule has 0 atom stereocenters. The summed E-state index contributed by atoms with van der Waals surface area (Å²) in [5.41, 5.74) is 3.26. The lowest BCUT2D eigenvalue weighted by atomic mass is 9.89. The van der Waals surface area contributed by atoms with Gasteiger partial charge >= 0.3 is 0 Å². The zero-order valence-corrected chi connectivity index (χ0v) is 18.7. The molecule has 7 heteroatoms. The van der Waals surface area contributed by atoms with Crippen molar-refractivity contribution in [2.75, 3.05) is 33.9 Å². The Labute approximate surface area is 182 Å². The zero-order valence-electron chi connectivity index (χ0n) is 17.2. The van der Waals surface area contributed by atoms with Crippen LogP contribution in [0.3, 0.4) is 0 Å². The van der Waals surface area contributed by atoms with E-state index in [2.05, 4.69) is 18.0 Å². The van der Waals surface area contributed by atoms with Crippen LogP contribution in [0, 0.1) is 6.92 Å². The van der Waals surface area contributed by atoms with Crippen molar-refractivity contribution in [1.29, 1.82) is 0 Å². The van der Waals surface area contributed by atoms with E-state index in [0.717, 1.165) is 34.7 Å². The Hall–Kier alpha value is -1.79. The molecule has 0 bridgehead atoms. The minimum Gasteiger partial charge on any atom is -0.496 e. The number of halogens is 2. The predicted molar refractivity (Wildman–Crippen MR) is 118 cm³/mol. The number of aliphatic imine (C=N–C) groups is 1. The summed E-state index contributed by atoms with van der Waals surface area (Å²) >= 11 is 12.1. The maximum Gasteiger partial charge on any atom is 0.143 e. The van der Waals surface area contributed by atoms with Gasteiger partial charge in [-0.05, 0) is 43.2 Å². The summed E-state index contributed by atoms with van der Waals surface area (Å²) in [5, 5.41) is 1.04. The second kappa shape index (κ2) is 9.35. The first-order valence-electron chi connectivity index (χ1n) is 9.47. The molecule has 0 unspecified atom stereocenters. The molecule has 5 nitrogen and oxygen atoms in total. The molecule has 0 N–H and O–H groups in total. The Balaban J connectivity index is 1.86. The lowest BCUT2D eigenvalue weighted by Gasteiger charge is -2.42. The summed E-state index contributed by atoms with van der Waals surface area (Å²) in [7, 11) is 3.65. The quantitative estimate of drug-likeness (QED) is 0.412. The summed E-state index contributed by atoms with van der Waals surface area (Å²) in [6, 6.07) is 9.53. The van der Waals surface area contributed by atoms with Crippen molar-refractivity contribution in [1.82, 2.24) is 4.90 Å². The lowest BCUT2D eigenvalue weighted by molar-refractivity contribution is -0.223. The van der Waals surface area contributed by atoms with Crippen molar-refractivity contribution in [3.8, 4) is 5.75 Å². The Morgan fingerprint density at radius 3 is 2.55 bits per heavy atom. The molecule has 1 aliphatic heterocycles. The lowest BCUT2D eigenvalue weighted by Crippen LogP contribution is -2.49. The van der Waals surface area contributed by atoms with Crippen molar-refractivity contribution < 1.29 is 14.2 Å². The van der Waals surface area contributed by atoms with E-state index in [0.29, 0.717) is 29.9 Å². The van der Waals surface area contributed by atoms with Crippen LogP contribution in [0.25, 0.3) is 0 Å². The van der Waals surface area contributed by atoms with Gasteiger partial charge in [0.15, 0.2) is 0 Å². The van der Waals surface area contributed by atoms with Gasteiger partial charge in [-0.15, -0.1) is 0 Å². The first-order chi connectivity index (χ1) is 13.9. The van der Waals surface area contributed by atoms with Crippen LogP contribution >= 0.6 is 23.2 Å². The topological polar surface area (TPSA) is 43.3 Å². The number of nitrogens with zero attached hydrogens (tertiary/aromatic N) is 2. The third-order valence-electron chi connectivity index (χ3n) is 5.07. The first kappa shape index (κ1) is 21.9. The van der Waals surface area contributed by atoms with E-state index < -0.39 is 5.60 Å². The van der Waals surface area contributed by atoms with Crippen LogP contribution in [0.5, 0.6) is 5.75 Å². The molecular formula is C22H26Cl2N2O3. The van der Waals surface area contributed by atoms with E-state index in [4.69, 9.17) is 37.4 Å². The van der Waals surface area contributed by atoms with Gasteiger partial charge in [0.2, 0.25) is 0 Å². The number of ether oxygens (including phenoxy) is 3. The molecule has 1 saturated heterocycles. The second-order valence-corrected chi connectivity index (χ2v) is 8.00. The van der Waals surface area contributed by atoms with Crippen molar-refractivity contribution in [3.05, 3.63) is 57.1 Å². The van der Waals surface area contributed by atoms with Crippen molar-refractivity contribution in [2.24, 2.45) is 4.99 Å². The van der Waals surface area contributed by atoms with E-state index in [1.807, 2.05) is 43.4 Å². The fourth-order valence-corrected chi connectivity index (χ4v) is 3.36. The molecule has 2 aromatic carbocycles. The van der Waals surface area contributed by atoms with Gasteiger partial charge < -0.3 is 19.1 Å². The molecule has 0 radical (unpaired) electrons. The highest BCUT2D eigenvalue weighted by atomic mass is 35.5. The van der Waals surface area contributed by atoms with Crippen LogP contribution in [0.4, 0.5) is 5.69 Å². The summed E-state index contributed by atoms with van der Waals surface area (Å²) in [4.78, 5) is 6.60. The van der Waals surface area contributed by atoms with Crippen LogP contribution in [-0.2, 0) is 21.7 Å². The number of hydrogen-bond acceptors (Lipinski definition) is 4. The minimum atomic E-state index is -0.565. The third-order valence-corrected chi connectivity index (χ3v) is 5.81. The number of benzene rings is 2. The monoisotopic (exact) mass is 436 g/mol. The molecule has 0 saturated carbocycles. The highest BCUT2D eigenvalue weighted by Gasteiger charge is 2.44. The first-order valence-corrected chi connectivity index (χ1v) is 10.2. The van der Waals surface area contributed by atoms with E-state index in [1.54, 1.807) is 13.2 Å². The fraction of sp³-hybridized carbons (Fsp3) is 0.409. The van der Waals surface area contributed by atoms with Crippen molar-refractivity contribution >= 4 is 35.2 Å². The Kier molecular flexibility index (Phi) is 7.06. The molecule has 3 rings (SSSR count). The highest BCUT2D eigenvalue weighted by Crippen LogP contribution is 2.42. The van der Waals surface area contributed by atoms with Crippen molar-refractivity contribution in [3.63, 3.8) is 0 Å². The highest BCUT2D eigenvalue weighted by molar-refractivity contribution is 6.42. The fourth-order valence-electron chi connectivity index (χ4n) is 3.04. The SMILES string of the molecule is CCN(C)C=Nc1cc(OC)c(C2(OCc3ccc(Cl)c(Cl)c3)COC2)cc1C. The molecule has 156 valence electrons. The summed E-state index contributed by atoms with van der Waals surface area (Å²) in [6.45, 7) is 6.32. The molecule has 1 aliphatic rings. The van der Waals surface area contributed by atoms with Crippen LogP contribution in [0.2, 0.25) is 10.0 Å². The van der Waals surface area contributed by atoms with Crippen LogP contribution in [-0.4, -0.2) is 45.2 Å². The molecule has 2 aromatic rings. The van der Waals surface area contributed by atoms with Crippen LogP contribution in [0.15, 0.2) is 35.3 Å². The standard InChI is InChI=1S/C22H26Cl2N2O3/c1-5-26(3)14-25-20-10-21(27-4)17(8-15(20)2)22(12-28-13-22)29-11-16-6-7-18(23)19(24)9-16/h6-10,14H,5,11-13H2,1-4H3. The van der Waals surface area contributed by atoms with Gasteiger partial charge in [0.1, 0.15) is 11.4 Å². The van der Waals surface area contributed by atoms with Crippen LogP contribution in [0.1, 0.15) is 23.6 Å². The average Bonchev–Trinajstić information content (AvgIpc) is 2.68. The van der Waals surface area contributed by atoms with Gasteiger partial charge in [0, 0.05) is 25.2 Å². The Morgan fingerprint density at radius 2 is 1.97 bits per heavy atom. The van der Waals surface area contributed by atoms with Gasteiger partial charge in [0.25, 0.3) is 0 Å². The summed E-state index contributed by atoms with van der Waals surface area (Å²) in [5.74, 6) is 0.736. The number of hydrogen-bond donors (Lipinski definition) is 0. The van der Waals surface area contributed by atoms with Gasteiger partial charge in [-0.3, -0.25) is 0 Å². The summed E-state index contributed by atoms with van der Waals surface area (Å²) < 4.78 is 17.5. The third kappa shape index (κ3) is 4.86. The van der Waals surface area contributed by atoms with Crippen molar-refractivity contribution in [2.45, 2.75) is 26.1 Å². The largest absolute Gasteiger partial charge is 0.496 e. The zero-order chi connectivity index (χ0) is 21.0. The average molecular weight is 437 g/mol. The second-order valence-electron chi connectivity index (χ2n) is 7.18. The molecule has 0 amide bonds. The number of rotatable bonds is 8. The smallest absolute Gasteiger partial charge is 0.143 e. The minimum absolute atomic E-state index is 0.393. The number of methoxy groups -OCH3 is 1. The maximum absolute atomic E-state index is 6.33. The van der Waals surface area contributed by atoms with Gasteiger partial charge in [-0.25, -0.2) is 4.99 Å². The molecular weight excluding hydrogens is 411 g/mol. The number of aryl methyl sites for hydroxylation is 1. The maximum atomic E-state index is 6.33. The van der Waals surface area contributed by atoms with E-state index in [9.17, 15) is 0 Å². The summed E-state index contributed by atoms with van der Waals surface area (Å²) in [6.07, 6.45) is 1.82.